The van der Waals surface area contributed by atoms with Crippen molar-refractivity contribution >= 4 is 12.2 Å². The summed E-state index contributed by atoms with van der Waals surface area (Å²) in [7, 11) is 0. The van der Waals surface area contributed by atoms with Crippen LogP contribution in [-0.4, -0.2) is 9.97 Å². The quantitative estimate of drug-likeness (QED) is 0.859. The van der Waals surface area contributed by atoms with Gasteiger partial charge in [0.2, 0.25) is 0 Å². The van der Waals surface area contributed by atoms with Gasteiger partial charge in [0.25, 0.3) is 0 Å². The molecular weight excluding hydrogens is 266 g/mol. The van der Waals surface area contributed by atoms with E-state index in [1.807, 2.05) is 6.07 Å². The number of benzene rings is 1. The molecule has 0 amide bonds. The molecule has 0 saturated carbocycles. The Bertz CT molecular complexity index is 617. The average Bonchev–Trinajstić information content (AvgIpc) is 2.26. The van der Waals surface area contributed by atoms with Crippen LogP contribution in [0.1, 0.15) is 30.4 Å². The summed E-state index contributed by atoms with van der Waals surface area (Å²) in [6, 6.07) is 5.27. The number of aromatic amines is 1. The van der Waals surface area contributed by atoms with Gasteiger partial charge < -0.3 is 4.98 Å². The van der Waals surface area contributed by atoms with Crippen molar-refractivity contribution in [1.29, 1.82) is 0 Å². The minimum atomic E-state index is -0.585. The summed E-state index contributed by atoms with van der Waals surface area (Å²) in [5.74, 6) is -0.544. The summed E-state index contributed by atoms with van der Waals surface area (Å²) < 4.78 is 26.7. The molecule has 19 heavy (non-hydrogen) atoms. The minimum Gasteiger partial charge on any atom is -0.347 e. The Morgan fingerprint density at radius 2 is 1.84 bits per heavy atom. The minimum absolute atomic E-state index is 0.329. The fourth-order valence-corrected chi connectivity index (χ4v) is 2.21. The number of halogens is 2. The Kier molecular flexibility index (Phi) is 4.37. The number of rotatable bonds is 4. The van der Waals surface area contributed by atoms with Gasteiger partial charge in [-0.25, -0.2) is 13.8 Å². The first-order chi connectivity index (χ1) is 9.06. The summed E-state index contributed by atoms with van der Waals surface area (Å²) in [5.41, 5.74) is 1.53. The van der Waals surface area contributed by atoms with Crippen LogP contribution in [0.25, 0.3) is 0 Å². The Morgan fingerprint density at radius 3 is 2.47 bits per heavy atom. The summed E-state index contributed by atoms with van der Waals surface area (Å²) in [5, 5.41) is 0. The standard InChI is InChI=1S/C14H14F2N2S/c1-2-3-12-8-14(19)18-13(17-12)6-9-4-10(15)7-11(16)5-9/h4-5,7-8H,2-3,6H2,1H3,(H,17,18,19). The first-order valence-corrected chi connectivity index (χ1v) is 6.51. The summed E-state index contributed by atoms with van der Waals surface area (Å²) in [4.78, 5) is 7.34. The van der Waals surface area contributed by atoms with Crippen molar-refractivity contribution in [3.63, 3.8) is 0 Å². The van der Waals surface area contributed by atoms with E-state index in [9.17, 15) is 8.78 Å². The molecule has 1 aromatic carbocycles. The zero-order valence-corrected chi connectivity index (χ0v) is 11.4. The van der Waals surface area contributed by atoms with E-state index in [-0.39, 0.29) is 0 Å². The first-order valence-electron chi connectivity index (χ1n) is 6.11. The van der Waals surface area contributed by atoms with Crippen LogP contribution in [0.15, 0.2) is 24.3 Å². The second-order valence-corrected chi connectivity index (χ2v) is 4.81. The number of nitrogens with one attached hydrogen (secondary N) is 1. The number of aryl methyl sites for hydroxylation is 1. The van der Waals surface area contributed by atoms with Crippen LogP contribution in [0.5, 0.6) is 0 Å². The third-order valence-corrected chi connectivity index (χ3v) is 2.87. The lowest BCUT2D eigenvalue weighted by Crippen LogP contribution is -2.01. The van der Waals surface area contributed by atoms with Crippen LogP contribution in [0.4, 0.5) is 8.78 Å². The predicted molar refractivity (Wildman–Crippen MR) is 72.6 cm³/mol. The van der Waals surface area contributed by atoms with E-state index in [2.05, 4.69) is 16.9 Å². The van der Waals surface area contributed by atoms with Crippen molar-refractivity contribution in [2.75, 3.05) is 0 Å². The fraction of sp³-hybridized carbons (Fsp3) is 0.286. The third kappa shape index (κ3) is 3.92. The van der Waals surface area contributed by atoms with Gasteiger partial charge in [-0.3, -0.25) is 0 Å². The molecule has 2 nitrogen and oxygen atoms in total. The number of hydrogen-bond acceptors (Lipinski definition) is 2. The van der Waals surface area contributed by atoms with Gasteiger partial charge in [-0.2, -0.15) is 0 Å². The Balaban J connectivity index is 2.29. The highest BCUT2D eigenvalue weighted by atomic mass is 32.1. The summed E-state index contributed by atoms with van der Waals surface area (Å²) in [6.07, 6.45) is 2.19. The molecule has 2 rings (SSSR count). The van der Waals surface area contributed by atoms with E-state index in [1.165, 1.54) is 12.1 Å². The highest BCUT2D eigenvalue weighted by Crippen LogP contribution is 2.12. The van der Waals surface area contributed by atoms with E-state index >= 15 is 0 Å². The predicted octanol–water partition coefficient (Wildman–Crippen LogP) is 3.96. The van der Waals surface area contributed by atoms with Gasteiger partial charge in [-0.1, -0.05) is 25.6 Å². The molecule has 0 atom stereocenters. The van der Waals surface area contributed by atoms with Crippen LogP contribution < -0.4 is 0 Å². The molecule has 0 aliphatic heterocycles. The zero-order chi connectivity index (χ0) is 13.8. The maximum absolute atomic E-state index is 13.1. The van der Waals surface area contributed by atoms with E-state index in [0.717, 1.165) is 24.6 Å². The molecule has 2 aromatic rings. The first kappa shape index (κ1) is 13.8. The van der Waals surface area contributed by atoms with Gasteiger partial charge in [-0.05, 0) is 30.2 Å². The maximum Gasteiger partial charge on any atom is 0.130 e. The second kappa shape index (κ2) is 6.02. The molecule has 1 N–H and O–H groups in total. The van der Waals surface area contributed by atoms with Gasteiger partial charge in [0.05, 0.1) is 0 Å². The van der Waals surface area contributed by atoms with Gasteiger partial charge in [-0.15, -0.1) is 0 Å². The lowest BCUT2D eigenvalue weighted by atomic mass is 10.1. The fourth-order valence-electron chi connectivity index (χ4n) is 1.96. The normalized spacial score (nSPS) is 10.7. The molecule has 0 aliphatic carbocycles. The number of hydrogen-bond donors (Lipinski definition) is 1. The zero-order valence-electron chi connectivity index (χ0n) is 10.5. The number of H-pyrrole nitrogens is 1. The molecule has 0 unspecified atom stereocenters. The van der Waals surface area contributed by atoms with E-state index < -0.39 is 11.6 Å². The Hall–Kier alpha value is -1.62. The smallest absolute Gasteiger partial charge is 0.130 e. The topological polar surface area (TPSA) is 28.7 Å². The van der Waals surface area contributed by atoms with Crippen molar-refractivity contribution in [3.8, 4) is 0 Å². The van der Waals surface area contributed by atoms with Gasteiger partial charge in [0, 0.05) is 18.2 Å². The van der Waals surface area contributed by atoms with Crippen LogP contribution in [-0.2, 0) is 12.8 Å². The highest BCUT2D eigenvalue weighted by Gasteiger charge is 2.04. The molecule has 1 aromatic heterocycles. The maximum atomic E-state index is 13.1. The molecule has 0 fully saturated rings. The van der Waals surface area contributed by atoms with Crippen LogP contribution in [0.3, 0.4) is 0 Å². The molecule has 0 radical (unpaired) electrons. The highest BCUT2D eigenvalue weighted by molar-refractivity contribution is 7.71. The van der Waals surface area contributed by atoms with Crippen LogP contribution >= 0.6 is 12.2 Å². The largest absolute Gasteiger partial charge is 0.347 e. The lowest BCUT2D eigenvalue weighted by Gasteiger charge is -2.06. The average molecular weight is 280 g/mol. The van der Waals surface area contributed by atoms with E-state index in [1.54, 1.807) is 0 Å². The summed E-state index contributed by atoms with van der Waals surface area (Å²) >= 11 is 5.09. The van der Waals surface area contributed by atoms with Gasteiger partial charge in [0.15, 0.2) is 0 Å². The van der Waals surface area contributed by atoms with Crippen molar-refractivity contribution < 1.29 is 8.78 Å². The molecule has 0 spiro atoms. The number of nitrogens with zero attached hydrogens (tertiary/aromatic N) is 1. The molecular formula is C14H14F2N2S. The second-order valence-electron chi connectivity index (χ2n) is 4.40. The Morgan fingerprint density at radius 1 is 1.16 bits per heavy atom. The molecule has 0 bridgehead atoms. The van der Waals surface area contributed by atoms with Crippen molar-refractivity contribution in [2.24, 2.45) is 0 Å². The monoisotopic (exact) mass is 280 g/mol. The van der Waals surface area contributed by atoms with Gasteiger partial charge >= 0.3 is 0 Å². The molecule has 100 valence electrons. The lowest BCUT2D eigenvalue weighted by molar-refractivity contribution is 0.580. The third-order valence-electron chi connectivity index (χ3n) is 2.66. The molecule has 1 heterocycles. The van der Waals surface area contributed by atoms with E-state index in [4.69, 9.17) is 12.2 Å². The van der Waals surface area contributed by atoms with Gasteiger partial charge in [0.1, 0.15) is 22.1 Å². The van der Waals surface area contributed by atoms with Crippen molar-refractivity contribution in [3.05, 3.63) is 57.6 Å². The SMILES string of the molecule is CCCc1cc(=S)nc(Cc2cc(F)cc(F)c2)[nH]1. The van der Waals surface area contributed by atoms with Crippen molar-refractivity contribution in [2.45, 2.75) is 26.2 Å². The summed E-state index contributed by atoms with van der Waals surface area (Å²) in [6.45, 7) is 2.07. The van der Waals surface area contributed by atoms with Crippen molar-refractivity contribution in [1.82, 2.24) is 9.97 Å². The number of aromatic nitrogens is 2. The van der Waals surface area contributed by atoms with Crippen LogP contribution in [0, 0.1) is 16.3 Å². The van der Waals surface area contributed by atoms with E-state index in [0.29, 0.717) is 22.4 Å². The molecule has 0 aliphatic rings. The Labute approximate surface area is 115 Å². The molecule has 5 heteroatoms. The molecule has 0 saturated heterocycles. The van der Waals surface area contributed by atoms with Crippen LogP contribution in [0.2, 0.25) is 0 Å².